The van der Waals surface area contributed by atoms with Gasteiger partial charge in [-0.05, 0) is 50.2 Å². The van der Waals surface area contributed by atoms with Crippen molar-refractivity contribution in [2.24, 2.45) is 17.8 Å². The molecule has 1 N–H and O–H groups in total. The van der Waals surface area contributed by atoms with Crippen LogP contribution in [-0.2, 0) is 9.59 Å². The van der Waals surface area contributed by atoms with Crippen LogP contribution in [0.5, 0.6) is 5.75 Å². The standard InChI is InChI=1S/C22H24N2O3/c25-19-16-10-14-11-17(16)22(12-14,23-19)20(26)24-9-3-7-21(13-24)8-6-15-4-1-2-5-18(15)27-21/h1-2,4-6,8,14,16-17H,3,7,9-13H2,(H,23,25). The summed E-state index contributed by atoms with van der Waals surface area (Å²) in [6.45, 7) is 1.31. The number of hydrogen-bond donors (Lipinski definition) is 1. The third kappa shape index (κ3) is 2.05. The molecule has 5 atom stereocenters. The lowest BCUT2D eigenvalue weighted by Gasteiger charge is -2.45. The first-order valence-corrected chi connectivity index (χ1v) is 10.2. The van der Waals surface area contributed by atoms with Crippen LogP contribution in [0.4, 0.5) is 0 Å². The number of carbonyl (C=O) groups excluding carboxylic acids is 2. The summed E-state index contributed by atoms with van der Waals surface area (Å²) in [5, 5.41) is 3.14. The first-order chi connectivity index (χ1) is 13.1. The topological polar surface area (TPSA) is 58.6 Å². The summed E-state index contributed by atoms with van der Waals surface area (Å²) in [6.07, 6.45) is 8.90. The van der Waals surface area contributed by atoms with Crippen molar-refractivity contribution in [3.63, 3.8) is 0 Å². The second kappa shape index (κ2) is 5.15. The first-order valence-electron chi connectivity index (χ1n) is 10.2. The highest BCUT2D eigenvalue weighted by atomic mass is 16.5. The smallest absolute Gasteiger partial charge is 0.248 e. The number of benzene rings is 1. The van der Waals surface area contributed by atoms with E-state index in [1.165, 1.54) is 0 Å². The lowest BCUT2D eigenvalue weighted by atomic mass is 9.77. The Bertz CT molecular complexity index is 880. The molecule has 3 heterocycles. The van der Waals surface area contributed by atoms with E-state index in [-0.39, 0.29) is 23.7 Å². The molecule has 5 nitrogen and oxygen atoms in total. The third-order valence-electron chi connectivity index (χ3n) is 7.54. The molecular weight excluding hydrogens is 340 g/mol. The van der Waals surface area contributed by atoms with Gasteiger partial charge in [-0.1, -0.05) is 24.3 Å². The average Bonchev–Trinajstić information content (AvgIpc) is 3.29. The van der Waals surface area contributed by atoms with Crippen LogP contribution in [0.15, 0.2) is 30.3 Å². The van der Waals surface area contributed by atoms with Crippen molar-refractivity contribution in [3.8, 4) is 5.75 Å². The van der Waals surface area contributed by atoms with Crippen LogP contribution < -0.4 is 10.1 Å². The molecule has 5 heteroatoms. The van der Waals surface area contributed by atoms with Crippen molar-refractivity contribution < 1.29 is 14.3 Å². The number of rotatable bonds is 1. The molecule has 4 fully saturated rings. The van der Waals surface area contributed by atoms with Crippen LogP contribution in [0.1, 0.15) is 37.7 Å². The molecule has 140 valence electrons. The molecule has 2 saturated carbocycles. The molecule has 1 aromatic carbocycles. The van der Waals surface area contributed by atoms with Gasteiger partial charge in [-0.2, -0.15) is 0 Å². The van der Waals surface area contributed by atoms with Crippen molar-refractivity contribution in [1.29, 1.82) is 0 Å². The van der Waals surface area contributed by atoms with E-state index in [2.05, 4.69) is 17.5 Å². The van der Waals surface area contributed by atoms with Gasteiger partial charge in [0.1, 0.15) is 16.9 Å². The molecule has 0 radical (unpaired) electrons. The van der Waals surface area contributed by atoms with Gasteiger partial charge in [0.15, 0.2) is 0 Å². The summed E-state index contributed by atoms with van der Waals surface area (Å²) in [6, 6.07) is 8.04. The molecule has 6 rings (SSSR count). The van der Waals surface area contributed by atoms with Crippen LogP contribution in [0.3, 0.4) is 0 Å². The Morgan fingerprint density at radius 2 is 2.15 bits per heavy atom. The molecule has 3 aliphatic heterocycles. The molecule has 2 bridgehead atoms. The molecular formula is C22H24N2O3. The van der Waals surface area contributed by atoms with Crippen LogP contribution in [-0.4, -0.2) is 40.9 Å². The zero-order valence-electron chi connectivity index (χ0n) is 15.3. The number of fused-ring (bicyclic) bond motifs is 2. The zero-order chi connectivity index (χ0) is 18.2. The van der Waals surface area contributed by atoms with E-state index < -0.39 is 11.1 Å². The lowest BCUT2D eigenvalue weighted by Crippen LogP contribution is -2.62. The largest absolute Gasteiger partial charge is 0.481 e. The van der Waals surface area contributed by atoms with E-state index in [1.54, 1.807) is 0 Å². The summed E-state index contributed by atoms with van der Waals surface area (Å²) in [5.74, 6) is 1.90. The quantitative estimate of drug-likeness (QED) is 0.832. The van der Waals surface area contributed by atoms with Crippen molar-refractivity contribution in [2.75, 3.05) is 13.1 Å². The normalized spacial score (nSPS) is 40.8. The molecule has 1 spiro atoms. The Labute approximate surface area is 158 Å². The third-order valence-corrected chi connectivity index (χ3v) is 7.54. The number of amides is 2. The number of piperidine rings is 1. The van der Waals surface area contributed by atoms with E-state index in [1.807, 2.05) is 29.2 Å². The molecule has 2 aliphatic carbocycles. The van der Waals surface area contributed by atoms with Gasteiger partial charge in [0.25, 0.3) is 0 Å². The fourth-order valence-electron chi connectivity index (χ4n) is 6.44. The van der Waals surface area contributed by atoms with Gasteiger partial charge >= 0.3 is 0 Å². The fraction of sp³-hybridized carbons (Fsp3) is 0.545. The van der Waals surface area contributed by atoms with E-state index in [4.69, 9.17) is 4.74 Å². The minimum absolute atomic E-state index is 0.0594. The van der Waals surface area contributed by atoms with Gasteiger partial charge < -0.3 is 15.0 Å². The van der Waals surface area contributed by atoms with Crippen molar-refractivity contribution in [3.05, 3.63) is 35.9 Å². The van der Waals surface area contributed by atoms with Crippen LogP contribution in [0, 0.1) is 17.8 Å². The Morgan fingerprint density at radius 1 is 1.26 bits per heavy atom. The SMILES string of the molecule is O=C1NC2(C(=O)N3CCCC4(C=Cc5ccccc5O4)C3)CC3CC1C2C3. The molecule has 0 aromatic heterocycles. The first kappa shape index (κ1) is 15.7. The zero-order valence-corrected chi connectivity index (χ0v) is 15.3. The maximum Gasteiger partial charge on any atom is 0.248 e. The molecule has 5 unspecified atom stereocenters. The summed E-state index contributed by atoms with van der Waals surface area (Å²) in [7, 11) is 0. The minimum atomic E-state index is -0.639. The Hall–Kier alpha value is -2.30. The highest BCUT2D eigenvalue weighted by Crippen LogP contribution is 2.58. The van der Waals surface area contributed by atoms with E-state index in [0.717, 1.165) is 50.0 Å². The summed E-state index contributed by atoms with van der Waals surface area (Å²) in [4.78, 5) is 28.0. The van der Waals surface area contributed by atoms with Gasteiger partial charge in [-0.25, -0.2) is 0 Å². The lowest BCUT2D eigenvalue weighted by molar-refractivity contribution is -0.144. The van der Waals surface area contributed by atoms with E-state index in [9.17, 15) is 9.59 Å². The van der Waals surface area contributed by atoms with Gasteiger partial charge in [-0.15, -0.1) is 0 Å². The summed E-state index contributed by atoms with van der Waals surface area (Å²) >= 11 is 0. The molecule has 2 saturated heterocycles. The van der Waals surface area contributed by atoms with E-state index >= 15 is 0 Å². The highest BCUT2D eigenvalue weighted by Gasteiger charge is 2.67. The fourth-order valence-corrected chi connectivity index (χ4v) is 6.44. The van der Waals surface area contributed by atoms with Crippen molar-refractivity contribution in [2.45, 2.75) is 43.2 Å². The van der Waals surface area contributed by atoms with E-state index in [0.29, 0.717) is 12.5 Å². The number of para-hydroxylation sites is 1. The Balaban J connectivity index is 1.28. The predicted octanol–water partition coefficient (Wildman–Crippen LogP) is 2.37. The van der Waals surface area contributed by atoms with Crippen LogP contribution in [0.2, 0.25) is 0 Å². The Kier molecular flexibility index (Phi) is 3.00. The summed E-state index contributed by atoms with van der Waals surface area (Å²) < 4.78 is 6.40. The summed E-state index contributed by atoms with van der Waals surface area (Å²) in [5.41, 5.74) is 0.00190. The number of nitrogens with zero attached hydrogens (tertiary/aromatic N) is 1. The number of nitrogens with one attached hydrogen (secondary N) is 1. The monoisotopic (exact) mass is 364 g/mol. The maximum absolute atomic E-state index is 13.6. The second-order valence-corrected chi connectivity index (χ2v) is 9.08. The molecule has 5 aliphatic rings. The van der Waals surface area contributed by atoms with Gasteiger partial charge in [0.05, 0.1) is 6.54 Å². The number of carbonyl (C=O) groups is 2. The molecule has 2 amide bonds. The van der Waals surface area contributed by atoms with Gasteiger partial charge in [0, 0.05) is 23.9 Å². The molecule has 1 aromatic rings. The van der Waals surface area contributed by atoms with Crippen molar-refractivity contribution in [1.82, 2.24) is 10.2 Å². The van der Waals surface area contributed by atoms with Gasteiger partial charge in [0.2, 0.25) is 11.8 Å². The average molecular weight is 364 g/mol. The number of hydrogen-bond acceptors (Lipinski definition) is 3. The Morgan fingerprint density at radius 3 is 3.04 bits per heavy atom. The minimum Gasteiger partial charge on any atom is -0.481 e. The highest BCUT2D eigenvalue weighted by molar-refractivity contribution is 5.98. The number of likely N-dealkylation sites (tertiary alicyclic amines) is 1. The predicted molar refractivity (Wildman–Crippen MR) is 99.8 cm³/mol. The second-order valence-electron chi connectivity index (χ2n) is 9.08. The van der Waals surface area contributed by atoms with Gasteiger partial charge in [-0.3, -0.25) is 9.59 Å². The molecule has 27 heavy (non-hydrogen) atoms. The van der Waals surface area contributed by atoms with Crippen LogP contribution >= 0.6 is 0 Å². The van der Waals surface area contributed by atoms with Crippen LogP contribution in [0.25, 0.3) is 6.08 Å². The number of ether oxygens (including phenoxy) is 1. The van der Waals surface area contributed by atoms with Crippen molar-refractivity contribution >= 4 is 17.9 Å². The maximum atomic E-state index is 13.6.